The first-order valence-electron chi connectivity index (χ1n) is 12.8. The van der Waals surface area contributed by atoms with Crippen molar-refractivity contribution in [3.05, 3.63) is 95.4 Å². The maximum Gasteiger partial charge on any atom is 0.393 e. The van der Waals surface area contributed by atoms with Crippen LogP contribution in [0, 0.1) is 5.95 Å². The Labute approximate surface area is 229 Å². The van der Waals surface area contributed by atoms with E-state index in [9.17, 15) is 22.4 Å². The Morgan fingerprint density at radius 2 is 1.68 bits per heavy atom. The van der Waals surface area contributed by atoms with Gasteiger partial charge < -0.3 is 15.4 Å². The van der Waals surface area contributed by atoms with Crippen LogP contribution in [0.3, 0.4) is 0 Å². The first kappa shape index (κ1) is 28.8. The summed E-state index contributed by atoms with van der Waals surface area (Å²) in [6, 6.07) is 19.9. The van der Waals surface area contributed by atoms with E-state index in [1.165, 1.54) is 6.07 Å². The number of fused-ring (bicyclic) bond motifs is 1. The molecule has 1 aromatic heterocycles. The zero-order valence-electron chi connectivity index (χ0n) is 22.0. The van der Waals surface area contributed by atoms with Crippen LogP contribution in [0.5, 0.6) is 5.75 Å². The van der Waals surface area contributed by atoms with E-state index in [0.717, 1.165) is 0 Å². The predicted molar refractivity (Wildman–Crippen MR) is 147 cm³/mol. The van der Waals surface area contributed by atoms with Gasteiger partial charge in [0.05, 0.1) is 17.3 Å². The summed E-state index contributed by atoms with van der Waals surface area (Å²) in [6.07, 6.45) is -4.67. The number of benzene rings is 3. The third-order valence-corrected chi connectivity index (χ3v) is 6.45. The normalized spacial score (nSPS) is 12.6. The highest BCUT2D eigenvalue weighted by Gasteiger charge is 2.31. The van der Waals surface area contributed by atoms with Crippen LogP contribution in [0.15, 0.2) is 72.8 Å². The molecule has 0 aliphatic heterocycles. The van der Waals surface area contributed by atoms with Crippen LogP contribution in [-0.4, -0.2) is 53.9 Å². The number of amides is 1. The summed E-state index contributed by atoms with van der Waals surface area (Å²) >= 11 is 0. The van der Waals surface area contributed by atoms with E-state index in [1.807, 2.05) is 11.9 Å². The van der Waals surface area contributed by atoms with Crippen molar-refractivity contribution >= 4 is 28.0 Å². The van der Waals surface area contributed by atoms with Gasteiger partial charge in [0.2, 0.25) is 11.9 Å². The van der Waals surface area contributed by atoms with E-state index in [2.05, 4.69) is 10.2 Å². The lowest BCUT2D eigenvalue weighted by molar-refractivity contribution is -0.123. The van der Waals surface area contributed by atoms with Crippen LogP contribution < -0.4 is 10.5 Å². The van der Waals surface area contributed by atoms with Crippen molar-refractivity contribution < 1.29 is 27.1 Å². The number of ether oxygens (including phenoxy) is 1. The molecule has 0 radical (unpaired) electrons. The lowest BCUT2D eigenvalue weighted by Crippen LogP contribution is -2.26. The van der Waals surface area contributed by atoms with Gasteiger partial charge in [0.15, 0.2) is 0 Å². The molecule has 0 fully saturated rings. The molecule has 1 heterocycles. The number of hydrogen-bond donors (Lipinski definition) is 2. The summed E-state index contributed by atoms with van der Waals surface area (Å²) in [5, 5.41) is 6.36. The van der Waals surface area contributed by atoms with Crippen molar-refractivity contribution in [1.29, 1.82) is 0 Å². The molecular formula is C30H30F4N4O2. The predicted octanol–water partition coefficient (Wildman–Crippen LogP) is 6.19. The Kier molecular flexibility index (Phi) is 9.21. The van der Waals surface area contributed by atoms with E-state index >= 15 is 0 Å². The third kappa shape index (κ3) is 7.69. The second-order valence-electron chi connectivity index (χ2n) is 9.53. The number of carbonyl (C=O) groups excluding carboxylic acids is 1. The molecule has 210 valence electrons. The van der Waals surface area contributed by atoms with Crippen molar-refractivity contribution in [3.8, 4) is 5.75 Å². The molecule has 3 aromatic carbocycles. The Morgan fingerprint density at radius 1 is 0.975 bits per heavy atom. The van der Waals surface area contributed by atoms with Crippen molar-refractivity contribution in [1.82, 2.24) is 15.1 Å². The number of likely N-dealkylation sites (N-methyl/N-ethyl adjacent to an activating group) is 1. The molecule has 4 rings (SSSR count). The number of primary amides is 1. The van der Waals surface area contributed by atoms with Crippen LogP contribution in [0.25, 0.3) is 22.0 Å². The van der Waals surface area contributed by atoms with Crippen molar-refractivity contribution in [2.24, 2.45) is 5.73 Å². The van der Waals surface area contributed by atoms with Crippen molar-refractivity contribution in [2.75, 3.05) is 26.7 Å². The summed E-state index contributed by atoms with van der Waals surface area (Å²) in [5.74, 6) is -0.433. The number of nitrogens with one attached hydrogen (secondary N) is 1. The van der Waals surface area contributed by atoms with Crippen LogP contribution in [0.2, 0.25) is 0 Å². The van der Waals surface area contributed by atoms with Gasteiger partial charge in [0, 0.05) is 13.0 Å². The molecule has 4 aromatic rings. The Morgan fingerprint density at radius 3 is 2.35 bits per heavy atom. The van der Waals surface area contributed by atoms with Gasteiger partial charge in [-0.25, -0.2) is 0 Å². The van der Waals surface area contributed by atoms with Gasteiger partial charge in [-0.2, -0.15) is 22.7 Å². The largest absolute Gasteiger partial charge is 0.492 e. The monoisotopic (exact) mass is 554 g/mol. The fourth-order valence-corrected chi connectivity index (χ4v) is 4.50. The van der Waals surface area contributed by atoms with Gasteiger partial charge in [-0.15, -0.1) is 0 Å². The zero-order chi connectivity index (χ0) is 28.7. The molecular weight excluding hydrogens is 524 g/mol. The van der Waals surface area contributed by atoms with Gasteiger partial charge in [0.25, 0.3) is 0 Å². The maximum atomic E-state index is 14.4. The molecule has 0 spiro atoms. The average molecular weight is 555 g/mol. The summed E-state index contributed by atoms with van der Waals surface area (Å²) in [4.78, 5) is 12.9. The molecule has 3 N–H and O–H groups in total. The van der Waals surface area contributed by atoms with Crippen LogP contribution in [-0.2, 0) is 4.79 Å². The van der Waals surface area contributed by atoms with E-state index in [-0.39, 0.29) is 16.9 Å². The number of aromatic nitrogens is 2. The lowest BCUT2D eigenvalue weighted by atomic mass is 9.87. The highest BCUT2D eigenvalue weighted by Crippen LogP contribution is 2.40. The second-order valence-corrected chi connectivity index (χ2v) is 9.53. The minimum Gasteiger partial charge on any atom is -0.492 e. The number of hydrogen-bond acceptors (Lipinski definition) is 4. The fourth-order valence-electron chi connectivity index (χ4n) is 4.50. The summed E-state index contributed by atoms with van der Waals surface area (Å²) in [7, 11) is 1.91. The molecule has 1 amide bonds. The minimum absolute atomic E-state index is 0.0719. The molecule has 0 atom stereocenters. The molecule has 6 nitrogen and oxygen atoms in total. The molecule has 0 saturated carbocycles. The number of H-pyrrole nitrogens is 1. The average Bonchev–Trinajstić information content (AvgIpc) is 3.29. The first-order chi connectivity index (χ1) is 19.1. The maximum absolute atomic E-state index is 14.4. The molecule has 0 bridgehead atoms. The third-order valence-electron chi connectivity index (χ3n) is 6.45. The number of alkyl halides is 3. The van der Waals surface area contributed by atoms with E-state index in [0.29, 0.717) is 66.1 Å². The first-order valence-corrected chi connectivity index (χ1v) is 12.8. The lowest BCUT2D eigenvalue weighted by Gasteiger charge is -2.19. The minimum atomic E-state index is -4.48. The van der Waals surface area contributed by atoms with E-state index < -0.39 is 18.5 Å². The van der Waals surface area contributed by atoms with Gasteiger partial charge in [-0.3, -0.25) is 9.89 Å². The van der Waals surface area contributed by atoms with Crippen molar-refractivity contribution in [3.63, 3.8) is 0 Å². The van der Waals surface area contributed by atoms with Crippen LogP contribution in [0.4, 0.5) is 17.6 Å². The number of allylic oxidation sites excluding steroid dienone is 1. The van der Waals surface area contributed by atoms with Gasteiger partial charge in [-0.05, 0) is 72.1 Å². The summed E-state index contributed by atoms with van der Waals surface area (Å²) in [6.45, 7) is 1.70. The van der Waals surface area contributed by atoms with Crippen LogP contribution >= 0.6 is 0 Å². The zero-order valence-corrected chi connectivity index (χ0v) is 22.0. The Balaban J connectivity index is 1.66. The molecule has 0 aliphatic rings. The number of aromatic amines is 1. The number of nitrogens with two attached hydrogens (primary N) is 1. The van der Waals surface area contributed by atoms with E-state index in [1.54, 1.807) is 66.7 Å². The van der Waals surface area contributed by atoms with Gasteiger partial charge in [-0.1, -0.05) is 48.5 Å². The second kappa shape index (κ2) is 12.8. The smallest absolute Gasteiger partial charge is 0.393 e. The van der Waals surface area contributed by atoms with Crippen molar-refractivity contribution in [2.45, 2.75) is 25.4 Å². The number of rotatable bonds is 12. The Hall–Kier alpha value is -4.18. The SMILES string of the molecule is CN(CCCC(N)=O)CCOc1ccc(/C(=C(/CC(F)(F)F)c2ccccc2)c2ccc3n[nH]c(F)c3c2)cc1. The molecule has 40 heavy (non-hydrogen) atoms. The van der Waals surface area contributed by atoms with Gasteiger partial charge in [0.1, 0.15) is 12.4 Å². The quantitative estimate of drug-likeness (QED) is 0.162. The number of halogens is 4. The summed E-state index contributed by atoms with van der Waals surface area (Å²) < 4.78 is 61.8. The number of nitrogens with zero attached hydrogens (tertiary/aromatic N) is 2. The number of carbonyl (C=O) groups is 1. The highest BCUT2D eigenvalue weighted by atomic mass is 19.4. The molecule has 0 saturated heterocycles. The van der Waals surface area contributed by atoms with Gasteiger partial charge >= 0.3 is 6.18 Å². The fraction of sp³-hybridized carbons (Fsp3) is 0.267. The molecule has 10 heteroatoms. The molecule has 0 aliphatic carbocycles. The van der Waals surface area contributed by atoms with E-state index in [4.69, 9.17) is 10.5 Å². The van der Waals surface area contributed by atoms with Crippen LogP contribution in [0.1, 0.15) is 36.0 Å². The Bertz CT molecular complexity index is 1460. The molecule has 0 unspecified atom stereocenters. The summed E-state index contributed by atoms with van der Waals surface area (Å²) in [5.41, 5.74) is 7.34. The standard InChI is InChI=1S/C30H30F4N4O2/c1-38(15-5-8-27(35)39)16-17-40-23-12-9-21(10-13-23)28(22-11-14-26-24(18-22)29(31)37-36-26)25(19-30(32,33)34)20-6-3-2-4-7-20/h2-4,6-7,9-14,18H,5,8,15-17,19H2,1H3,(H2,35,39)(H,36,37)/b28-25+. The topological polar surface area (TPSA) is 84.2 Å². The highest BCUT2D eigenvalue weighted by molar-refractivity contribution is 6.00.